The number of likely N-dealkylation sites (tertiary alicyclic amines) is 1. The van der Waals surface area contributed by atoms with Crippen molar-refractivity contribution >= 4 is 35.2 Å². The second-order valence-electron chi connectivity index (χ2n) is 8.41. The highest BCUT2D eigenvalue weighted by atomic mass is 32.2. The number of nitrogens with one attached hydrogen (secondary N) is 2. The molecule has 2 saturated heterocycles. The molecule has 3 amide bonds. The maximum atomic E-state index is 13.6. The maximum Gasteiger partial charge on any atom is 0.250 e. The molecule has 3 aliphatic heterocycles. The van der Waals surface area contributed by atoms with Gasteiger partial charge < -0.3 is 5.32 Å². The fraction of sp³-hybridized carbons (Fsp3) is 0.375. The summed E-state index contributed by atoms with van der Waals surface area (Å²) in [5.41, 5.74) is 1.38. The van der Waals surface area contributed by atoms with E-state index in [-0.39, 0.29) is 23.8 Å². The molecule has 7 heteroatoms. The van der Waals surface area contributed by atoms with E-state index in [1.807, 2.05) is 60.9 Å². The molecule has 0 bridgehead atoms. The Hall–Kier alpha value is -2.64. The number of carbonyl (C=O) groups is 3. The van der Waals surface area contributed by atoms with Gasteiger partial charge in [-0.1, -0.05) is 48.5 Å². The third-order valence-corrected chi connectivity index (χ3v) is 7.46. The maximum absolute atomic E-state index is 13.6. The summed E-state index contributed by atoms with van der Waals surface area (Å²) in [6.07, 6.45) is 3.36. The third kappa shape index (κ3) is 3.02. The van der Waals surface area contributed by atoms with E-state index < -0.39 is 17.4 Å². The van der Waals surface area contributed by atoms with E-state index in [0.29, 0.717) is 18.7 Å². The van der Waals surface area contributed by atoms with Crippen molar-refractivity contribution < 1.29 is 14.4 Å². The fourth-order valence-electron chi connectivity index (χ4n) is 5.42. The lowest BCUT2D eigenvalue weighted by molar-refractivity contribution is -0.142. The Labute approximate surface area is 185 Å². The number of thioether (sulfide) groups is 1. The molecule has 160 valence electrons. The van der Waals surface area contributed by atoms with E-state index in [1.165, 1.54) is 4.90 Å². The van der Waals surface area contributed by atoms with Crippen molar-refractivity contribution in [1.29, 1.82) is 0 Å². The Morgan fingerprint density at radius 2 is 1.74 bits per heavy atom. The molecular formula is C24H25N3O3S. The van der Waals surface area contributed by atoms with Crippen LogP contribution in [0.1, 0.15) is 17.5 Å². The molecule has 2 aromatic rings. The van der Waals surface area contributed by atoms with E-state index in [9.17, 15) is 14.4 Å². The van der Waals surface area contributed by atoms with Crippen LogP contribution in [0.3, 0.4) is 0 Å². The minimum absolute atomic E-state index is 0.154. The molecule has 2 fully saturated rings. The van der Waals surface area contributed by atoms with Gasteiger partial charge in [-0.15, -0.1) is 0 Å². The molecule has 3 aliphatic rings. The molecular weight excluding hydrogens is 410 g/mol. The number of imide groups is 1. The van der Waals surface area contributed by atoms with Crippen molar-refractivity contribution in [2.75, 3.05) is 23.9 Å². The van der Waals surface area contributed by atoms with Crippen LogP contribution in [0.5, 0.6) is 0 Å². The van der Waals surface area contributed by atoms with Gasteiger partial charge in [0.2, 0.25) is 17.7 Å². The summed E-state index contributed by atoms with van der Waals surface area (Å²) in [7, 11) is 0. The van der Waals surface area contributed by atoms with Gasteiger partial charge >= 0.3 is 0 Å². The number of hydrogen-bond donors (Lipinski definition) is 2. The van der Waals surface area contributed by atoms with Crippen LogP contribution in [0, 0.1) is 11.8 Å². The van der Waals surface area contributed by atoms with Crippen molar-refractivity contribution in [3.63, 3.8) is 0 Å². The number of fused-ring (bicyclic) bond motifs is 4. The number of amides is 3. The van der Waals surface area contributed by atoms with Crippen LogP contribution in [-0.4, -0.2) is 47.2 Å². The molecule has 0 aliphatic carbocycles. The highest BCUT2D eigenvalue weighted by Crippen LogP contribution is 2.53. The highest BCUT2D eigenvalue weighted by Gasteiger charge is 2.70. The van der Waals surface area contributed by atoms with Crippen molar-refractivity contribution in [2.45, 2.75) is 24.4 Å². The molecule has 0 saturated carbocycles. The lowest BCUT2D eigenvalue weighted by Crippen LogP contribution is -2.53. The zero-order valence-corrected chi connectivity index (χ0v) is 18.2. The van der Waals surface area contributed by atoms with Crippen LogP contribution in [-0.2, 0) is 26.3 Å². The molecule has 0 radical (unpaired) electrons. The van der Waals surface area contributed by atoms with Crippen molar-refractivity contribution in [3.05, 3.63) is 65.7 Å². The van der Waals surface area contributed by atoms with Crippen molar-refractivity contribution in [1.82, 2.24) is 10.2 Å². The highest BCUT2D eigenvalue weighted by molar-refractivity contribution is 7.98. The van der Waals surface area contributed by atoms with Gasteiger partial charge in [0.1, 0.15) is 5.54 Å². The summed E-state index contributed by atoms with van der Waals surface area (Å²) >= 11 is 1.70. The number of para-hydroxylation sites is 1. The first-order valence-electron chi connectivity index (χ1n) is 10.6. The van der Waals surface area contributed by atoms with Gasteiger partial charge in [0.25, 0.3) is 0 Å². The normalized spacial score (nSPS) is 28.9. The molecule has 6 nitrogen and oxygen atoms in total. The standard InChI is InChI=1S/C24H25N3O3S/c1-31-14-12-18-19-20(24(26-18)16-9-5-6-10-17(16)25-23(24)30)22(29)27(21(19)28)13-11-15-7-3-2-4-8-15/h2-10,18-20,26H,11-14H2,1H3,(H,25,30)/t18-,19-,20-,24-/m0/s1. The lowest BCUT2D eigenvalue weighted by Gasteiger charge is -2.29. The van der Waals surface area contributed by atoms with Gasteiger partial charge in [-0.2, -0.15) is 11.8 Å². The van der Waals surface area contributed by atoms with Gasteiger partial charge in [0.15, 0.2) is 0 Å². The Morgan fingerprint density at radius 3 is 2.52 bits per heavy atom. The summed E-state index contributed by atoms with van der Waals surface area (Å²) in [4.78, 5) is 41.8. The average molecular weight is 436 g/mol. The van der Waals surface area contributed by atoms with E-state index in [0.717, 1.165) is 23.3 Å². The van der Waals surface area contributed by atoms with Gasteiger partial charge in [0, 0.05) is 23.8 Å². The summed E-state index contributed by atoms with van der Waals surface area (Å²) < 4.78 is 0. The topological polar surface area (TPSA) is 78.5 Å². The molecule has 2 aromatic carbocycles. The Morgan fingerprint density at radius 1 is 1.00 bits per heavy atom. The molecule has 31 heavy (non-hydrogen) atoms. The summed E-state index contributed by atoms with van der Waals surface area (Å²) in [6, 6.07) is 17.1. The first-order chi connectivity index (χ1) is 15.1. The van der Waals surface area contributed by atoms with E-state index in [4.69, 9.17) is 0 Å². The van der Waals surface area contributed by atoms with Crippen molar-refractivity contribution in [3.8, 4) is 0 Å². The van der Waals surface area contributed by atoms with Gasteiger partial charge in [-0.25, -0.2) is 0 Å². The van der Waals surface area contributed by atoms with E-state index in [1.54, 1.807) is 11.8 Å². The first kappa shape index (κ1) is 20.3. The Bertz CT molecular complexity index is 1040. The third-order valence-electron chi connectivity index (χ3n) is 6.81. The first-order valence-corrected chi connectivity index (χ1v) is 12.0. The van der Waals surface area contributed by atoms with Gasteiger partial charge in [-0.3, -0.25) is 24.6 Å². The van der Waals surface area contributed by atoms with Crippen LogP contribution in [0.15, 0.2) is 54.6 Å². The molecule has 0 aromatic heterocycles. The minimum Gasteiger partial charge on any atom is -0.324 e. The van der Waals surface area contributed by atoms with Crippen LogP contribution < -0.4 is 10.6 Å². The number of nitrogens with zero attached hydrogens (tertiary/aromatic N) is 1. The smallest absolute Gasteiger partial charge is 0.250 e. The summed E-state index contributed by atoms with van der Waals surface area (Å²) in [6.45, 7) is 0.337. The average Bonchev–Trinajstić information content (AvgIpc) is 3.36. The summed E-state index contributed by atoms with van der Waals surface area (Å²) in [5.74, 6) is -1.01. The number of anilines is 1. The lowest BCUT2D eigenvalue weighted by atomic mass is 9.76. The second-order valence-corrected chi connectivity index (χ2v) is 9.39. The SMILES string of the molecule is CSCC[C@@H]1N[C@]2(C(=O)Nc3ccccc32)[C@@H]2C(=O)N(CCc3ccccc3)C(=O)[C@@H]12. The van der Waals surface area contributed by atoms with Crippen LogP contribution in [0.25, 0.3) is 0 Å². The predicted octanol–water partition coefficient (Wildman–Crippen LogP) is 2.40. The predicted molar refractivity (Wildman–Crippen MR) is 121 cm³/mol. The number of carbonyl (C=O) groups excluding carboxylic acids is 3. The molecule has 3 heterocycles. The second kappa shape index (κ2) is 7.80. The molecule has 4 atom stereocenters. The number of hydrogen-bond acceptors (Lipinski definition) is 5. The zero-order chi connectivity index (χ0) is 21.6. The van der Waals surface area contributed by atoms with E-state index >= 15 is 0 Å². The molecule has 0 unspecified atom stereocenters. The van der Waals surface area contributed by atoms with Crippen LogP contribution in [0.2, 0.25) is 0 Å². The van der Waals surface area contributed by atoms with E-state index in [2.05, 4.69) is 10.6 Å². The van der Waals surface area contributed by atoms with Crippen LogP contribution in [0.4, 0.5) is 5.69 Å². The molecule has 1 spiro atoms. The Kier molecular flexibility index (Phi) is 5.10. The largest absolute Gasteiger partial charge is 0.324 e. The molecule has 2 N–H and O–H groups in total. The zero-order valence-electron chi connectivity index (χ0n) is 17.3. The van der Waals surface area contributed by atoms with Crippen LogP contribution >= 0.6 is 11.8 Å². The van der Waals surface area contributed by atoms with Gasteiger partial charge in [0.05, 0.1) is 11.8 Å². The quantitative estimate of drug-likeness (QED) is 0.682. The Balaban J connectivity index is 1.51. The minimum atomic E-state index is -1.18. The monoisotopic (exact) mass is 435 g/mol. The number of benzene rings is 2. The van der Waals surface area contributed by atoms with Crippen molar-refractivity contribution in [2.24, 2.45) is 11.8 Å². The van der Waals surface area contributed by atoms with Gasteiger partial charge in [-0.05, 0) is 36.5 Å². The molecule has 5 rings (SSSR count). The fourth-order valence-corrected chi connectivity index (χ4v) is 5.91. The summed E-state index contributed by atoms with van der Waals surface area (Å²) in [5, 5.41) is 6.41. The number of rotatable bonds is 6.